The van der Waals surface area contributed by atoms with Gasteiger partial charge in [0.05, 0.1) is 11.5 Å². The number of rotatable bonds is 5. The summed E-state index contributed by atoms with van der Waals surface area (Å²) in [5, 5.41) is 2.99. The van der Waals surface area contributed by atoms with Crippen LogP contribution in [0, 0.1) is 0 Å². The summed E-state index contributed by atoms with van der Waals surface area (Å²) in [5.41, 5.74) is 3.64. The van der Waals surface area contributed by atoms with Crippen LogP contribution in [0.2, 0.25) is 0 Å². The summed E-state index contributed by atoms with van der Waals surface area (Å²) >= 11 is 0. The molecule has 154 valence electrons. The standard InChI is InChI=1S/C23H23N3O3S/c27-23(25-21-8-6-18(7-9-21)19-10-12-24-13-11-19)22(20-4-2-1-3-5-20)26-14-16-30(28,29)17-15-26/h1-13,22H,14-17H2,(H,25,27). The summed E-state index contributed by atoms with van der Waals surface area (Å²) in [6.45, 7) is 0.687. The molecular formula is C23H23N3O3S. The number of pyridine rings is 1. The van der Waals surface area contributed by atoms with E-state index in [1.165, 1.54) is 0 Å². The minimum atomic E-state index is -3.02. The highest BCUT2D eigenvalue weighted by Gasteiger charge is 2.32. The SMILES string of the molecule is O=C(Nc1ccc(-c2ccncc2)cc1)C(c1ccccc1)N1CCS(=O)(=O)CC1. The highest BCUT2D eigenvalue weighted by molar-refractivity contribution is 7.91. The van der Waals surface area contributed by atoms with Crippen LogP contribution < -0.4 is 5.32 Å². The fourth-order valence-corrected chi connectivity index (χ4v) is 4.88. The fourth-order valence-electron chi connectivity index (χ4n) is 3.65. The van der Waals surface area contributed by atoms with E-state index in [0.717, 1.165) is 16.7 Å². The molecule has 1 aliphatic heterocycles. The predicted octanol–water partition coefficient (Wildman–Crippen LogP) is 3.16. The average molecular weight is 422 g/mol. The summed E-state index contributed by atoms with van der Waals surface area (Å²) in [7, 11) is -3.02. The van der Waals surface area contributed by atoms with Gasteiger partial charge in [0.1, 0.15) is 6.04 Å². The van der Waals surface area contributed by atoms with Crippen molar-refractivity contribution in [1.29, 1.82) is 0 Å². The first-order valence-electron chi connectivity index (χ1n) is 9.83. The first kappa shape index (κ1) is 20.3. The molecule has 4 rings (SSSR count). The average Bonchev–Trinajstić information content (AvgIpc) is 2.77. The zero-order valence-electron chi connectivity index (χ0n) is 16.4. The zero-order chi connectivity index (χ0) is 21.0. The van der Waals surface area contributed by atoms with Gasteiger partial charge in [-0.05, 0) is 41.0 Å². The van der Waals surface area contributed by atoms with Crippen molar-refractivity contribution in [3.63, 3.8) is 0 Å². The molecule has 1 aliphatic rings. The van der Waals surface area contributed by atoms with E-state index in [1.807, 2.05) is 71.6 Å². The highest BCUT2D eigenvalue weighted by atomic mass is 32.2. The summed E-state index contributed by atoms with van der Waals surface area (Å²) in [6.07, 6.45) is 3.49. The lowest BCUT2D eigenvalue weighted by atomic mass is 10.0. The lowest BCUT2D eigenvalue weighted by Gasteiger charge is -2.33. The van der Waals surface area contributed by atoms with Gasteiger partial charge in [0.25, 0.3) is 0 Å². The number of hydrogen-bond acceptors (Lipinski definition) is 5. The van der Waals surface area contributed by atoms with Crippen molar-refractivity contribution >= 4 is 21.4 Å². The molecule has 0 spiro atoms. The molecular weight excluding hydrogens is 398 g/mol. The minimum Gasteiger partial charge on any atom is -0.324 e. The summed E-state index contributed by atoms with van der Waals surface area (Å²) in [5.74, 6) is -0.0220. The topological polar surface area (TPSA) is 79.4 Å². The Labute approximate surface area is 176 Å². The molecule has 3 aromatic rings. The number of hydrogen-bond donors (Lipinski definition) is 1. The lowest BCUT2D eigenvalue weighted by Crippen LogP contribution is -2.46. The van der Waals surface area contributed by atoms with Crippen LogP contribution in [0.5, 0.6) is 0 Å². The lowest BCUT2D eigenvalue weighted by molar-refractivity contribution is -0.121. The van der Waals surface area contributed by atoms with E-state index in [2.05, 4.69) is 10.3 Å². The number of carbonyl (C=O) groups excluding carboxylic acids is 1. The molecule has 1 unspecified atom stereocenters. The van der Waals surface area contributed by atoms with Crippen LogP contribution in [0.25, 0.3) is 11.1 Å². The van der Waals surface area contributed by atoms with E-state index in [4.69, 9.17) is 0 Å². The first-order valence-corrected chi connectivity index (χ1v) is 11.6. The summed E-state index contributed by atoms with van der Waals surface area (Å²) in [4.78, 5) is 19.2. The Morgan fingerprint density at radius 2 is 1.47 bits per heavy atom. The second kappa shape index (κ2) is 8.77. The second-order valence-electron chi connectivity index (χ2n) is 7.30. The number of nitrogens with zero attached hydrogens (tertiary/aromatic N) is 2. The molecule has 0 aliphatic carbocycles. The Morgan fingerprint density at radius 1 is 0.867 bits per heavy atom. The van der Waals surface area contributed by atoms with Crippen molar-refractivity contribution in [2.24, 2.45) is 0 Å². The van der Waals surface area contributed by atoms with Crippen LogP contribution in [-0.2, 0) is 14.6 Å². The van der Waals surface area contributed by atoms with Crippen LogP contribution in [0.4, 0.5) is 5.69 Å². The molecule has 1 amide bonds. The number of anilines is 1. The fraction of sp³-hybridized carbons (Fsp3) is 0.217. The quantitative estimate of drug-likeness (QED) is 0.685. The maximum atomic E-state index is 13.2. The molecule has 1 fully saturated rings. The van der Waals surface area contributed by atoms with Crippen molar-refractivity contribution in [1.82, 2.24) is 9.88 Å². The smallest absolute Gasteiger partial charge is 0.246 e. The van der Waals surface area contributed by atoms with Crippen LogP contribution in [0.1, 0.15) is 11.6 Å². The Bertz CT molecular complexity index is 1090. The van der Waals surface area contributed by atoms with E-state index in [1.54, 1.807) is 12.4 Å². The molecule has 0 radical (unpaired) electrons. The van der Waals surface area contributed by atoms with Crippen LogP contribution in [-0.4, -0.2) is 48.8 Å². The third-order valence-electron chi connectivity index (χ3n) is 5.27. The number of carbonyl (C=O) groups is 1. The largest absolute Gasteiger partial charge is 0.324 e. The second-order valence-corrected chi connectivity index (χ2v) is 9.61. The Hall–Kier alpha value is -3.03. The molecule has 1 saturated heterocycles. The molecule has 7 heteroatoms. The van der Waals surface area contributed by atoms with Crippen molar-refractivity contribution in [2.75, 3.05) is 29.9 Å². The van der Waals surface area contributed by atoms with Crippen molar-refractivity contribution in [2.45, 2.75) is 6.04 Å². The molecule has 1 atom stereocenters. The maximum Gasteiger partial charge on any atom is 0.246 e. The van der Waals surface area contributed by atoms with Crippen LogP contribution in [0.15, 0.2) is 79.1 Å². The van der Waals surface area contributed by atoms with Gasteiger partial charge in [-0.25, -0.2) is 8.42 Å². The highest BCUT2D eigenvalue weighted by Crippen LogP contribution is 2.26. The van der Waals surface area contributed by atoms with Crippen molar-refractivity contribution < 1.29 is 13.2 Å². The molecule has 0 bridgehead atoms. The van der Waals surface area contributed by atoms with Gasteiger partial charge < -0.3 is 5.32 Å². The summed E-state index contributed by atoms with van der Waals surface area (Å²) in [6, 6.07) is 20.5. The van der Waals surface area contributed by atoms with Crippen molar-refractivity contribution in [3.8, 4) is 11.1 Å². The van der Waals surface area contributed by atoms with Gasteiger partial charge >= 0.3 is 0 Å². The van der Waals surface area contributed by atoms with Crippen LogP contribution in [0.3, 0.4) is 0 Å². The summed E-state index contributed by atoms with van der Waals surface area (Å²) < 4.78 is 23.7. The number of sulfone groups is 1. The minimum absolute atomic E-state index is 0.0737. The molecule has 30 heavy (non-hydrogen) atoms. The van der Waals surface area contributed by atoms with Gasteiger partial charge in [0, 0.05) is 31.2 Å². The molecule has 2 aromatic carbocycles. The Balaban J connectivity index is 1.53. The van der Waals surface area contributed by atoms with Gasteiger partial charge in [0.15, 0.2) is 9.84 Å². The molecule has 0 saturated carbocycles. The van der Waals surface area contributed by atoms with Gasteiger partial charge in [-0.1, -0.05) is 42.5 Å². The zero-order valence-corrected chi connectivity index (χ0v) is 17.3. The number of amides is 1. The molecule has 1 aromatic heterocycles. The molecule has 1 N–H and O–H groups in total. The monoisotopic (exact) mass is 421 g/mol. The third kappa shape index (κ3) is 4.75. The number of benzene rings is 2. The normalized spacial score (nSPS) is 17.2. The predicted molar refractivity (Wildman–Crippen MR) is 118 cm³/mol. The Kier molecular flexibility index (Phi) is 5.92. The Morgan fingerprint density at radius 3 is 2.10 bits per heavy atom. The van der Waals surface area contributed by atoms with E-state index in [0.29, 0.717) is 18.8 Å². The van der Waals surface area contributed by atoms with E-state index >= 15 is 0 Å². The van der Waals surface area contributed by atoms with E-state index in [9.17, 15) is 13.2 Å². The van der Waals surface area contributed by atoms with Gasteiger partial charge in [0.2, 0.25) is 5.91 Å². The molecule has 2 heterocycles. The number of nitrogens with one attached hydrogen (secondary N) is 1. The van der Waals surface area contributed by atoms with Gasteiger partial charge in [-0.15, -0.1) is 0 Å². The van der Waals surface area contributed by atoms with E-state index < -0.39 is 15.9 Å². The first-order chi connectivity index (χ1) is 14.5. The van der Waals surface area contributed by atoms with E-state index in [-0.39, 0.29) is 17.4 Å². The number of aromatic nitrogens is 1. The van der Waals surface area contributed by atoms with Crippen molar-refractivity contribution in [3.05, 3.63) is 84.7 Å². The third-order valence-corrected chi connectivity index (χ3v) is 6.88. The van der Waals surface area contributed by atoms with Gasteiger partial charge in [-0.2, -0.15) is 0 Å². The van der Waals surface area contributed by atoms with Gasteiger partial charge in [-0.3, -0.25) is 14.7 Å². The van der Waals surface area contributed by atoms with Crippen LogP contribution >= 0.6 is 0 Å². The molecule has 6 nitrogen and oxygen atoms in total. The maximum absolute atomic E-state index is 13.2.